The van der Waals surface area contributed by atoms with Crippen LogP contribution in [0, 0.1) is 5.41 Å². The van der Waals surface area contributed by atoms with E-state index in [1.807, 2.05) is 6.92 Å². The lowest BCUT2D eigenvalue weighted by Crippen LogP contribution is -2.47. The van der Waals surface area contributed by atoms with Crippen molar-refractivity contribution in [2.24, 2.45) is 5.41 Å². The van der Waals surface area contributed by atoms with Gasteiger partial charge in [-0.15, -0.1) is 6.58 Å². The first-order chi connectivity index (χ1) is 8.05. The molecule has 1 fully saturated rings. The van der Waals surface area contributed by atoms with Crippen LogP contribution in [0.4, 0.5) is 0 Å². The second-order valence-electron chi connectivity index (χ2n) is 4.70. The molecule has 0 aromatic heterocycles. The summed E-state index contributed by atoms with van der Waals surface area (Å²) in [5.74, 6) is -0.0937. The summed E-state index contributed by atoms with van der Waals surface area (Å²) in [7, 11) is 0. The molecule has 96 valence electrons. The number of amides is 1. The van der Waals surface area contributed by atoms with Gasteiger partial charge in [0.15, 0.2) is 0 Å². The lowest BCUT2D eigenvalue weighted by molar-refractivity contribution is -0.185. The molecule has 1 heterocycles. The van der Waals surface area contributed by atoms with E-state index in [2.05, 4.69) is 6.58 Å². The van der Waals surface area contributed by atoms with Crippen molar-refractivity contribution in [1.82, 2.24) is 5.06 Å². The third kappa shape index (κ3) is 3.16. The zero-order chi connectivity index (χ0) is 12.9. The molecule has 0 radical (unpaired) electrons. The molecule has 1 rings (SSSR count). The zero-order valence-corrected chi connectivity index (χ0v) is 10.4. The maximum Gasteiger partial charge on any atom is 0.252 e. The van der Waals surface area contributed by atoms with Crippen molar-refractivity contribution in [3.63, 3.8) is 0 Å². The lowest BCUT2D eigenvalue weighted by Gasteiger charge is -2.38. The molecule has 0 unspecified atom stereocenters. The Morgan fingerprint density at radius 2 is 2.35 bits per heavy atom. The van der Waals surface area contributed by atoms with Gasteiger partial charge in [0.2, 0.25) is 0 Å². The van der Waals surface area contributed by atoms with Crippen LogP contribution in [-0.4, -0.2) is 28.5 Å². The molecule has 0 saturated carbocycles. The molecular weight excluding hydrogens is 218 g/mol. The summed E-state index contributed by atoms with van der Waals surface area (Å²) in [6, 6.07) is 0. The number of hydrogen-bond acceptors (Lipinski definition) is 3. The van der Waals surface area contributed by atoms with E-state index in [-0.39, 0.29) is 11.7 Å². The van der Waals surface area contributed by atoms with E-state index in [0.717, 1.165) is 17.9 Å². The van der Waals surface area contributed by atoms with E-state index in [0.29, 0.717) is 32.2 Å². The number of piperidine rings is 1. The van der Waals surface area contributed by atoms with Gasteiger partial charge in [0.05, 0.1) is 5.41 Å². The topological polar surface area (TPSA) is 57.6 Å². The molecule has 4 nitrogen and oxygen atoms in total. The fourth-order valence-electron chi connectivity index (χ4n) is 2.40. The van der Waals surface area contributed by atoms with E-state index >= 15 is 0 Å². The van der Waals surface area contributed by atoms with Gasteiger partial charge in [-0.2, -0.15) is 0 Å². The van der Waals surface area contributed by atoms with Gasteiger partial charge in [0.1, 0.15) is 5.78 Å². The fourth-order valence-corrected chi connectivity index (χ4v) is 2.40. The predicted molar refractivity (Wildman–Crippen MR) is 64.5 cm³/mol. The quantitative estimate of drug-likeness (QED) is 0.571. The van der Waals surface area contributed by atoms with Crippen LogP contribution in [0.2, 0.25) is 0 Å². The number of allylic oxidation sites excluding steroid dienone is 1. The molecule has 1 aliphatic rings. The van der Waals surface area contributed by atoms with Crippen molar-refractivity contribution >= 4 is 11.7 Å². The van der Waals surface area contributed by atoms with Crippen molar-refractivity contribution in [3.8, 4) is 0 Å². The van der Waals surface area contributed by atoms with Gasteiger partial charge in [0.25, 0.3) is 5.91 Å². The molecule has 1 N–H and O–H groups in total. The summed E-state index contributed by atoms with van der Waals surface area (Å²) in [4.78, 5) is 23.4. The van der Waals surface area contributed by atoms with Crippen LogP contribution in [0.5, 0.6) is 0 Å². The predicted octanol–water partition coefficient (Wildman–Crippen LogP) is 2.32. The van der Waals surface area contributed by atoms with Crippen LogP contribution in [-0.2, 0) is 9.59 Å². The number of carbonyl (C=O) groups excluding carboxylic acids is 2. The molecule has 0 spiro atoms. The Hall–Kier alpha value is -1.16. The number of rotatable bonds is 6. The molecular formula is C13H21NO3. The molecule has 0 bridgehead atoms. The Balaban J connectivity index is 2.76. The number of Topliss-reactive ketones (excluding diaryl/α,β-unsaturated/α-hetero) is 1. The van der Waals surface area contributed by atoms with Crippen LogP contribution in [0.1, 0.15) is 45.4 Å². The van der Waals surface area contributed by atoms with Crippen molar-refractivity contribution in [2.75, 3.05) is 6.54 Å². The largest absolute Gasteiger partial charge is 0.300 e. The van der Waals surface area contributed by atoms with Gasteiger partial charge in [-0.1, -0.05) is 13.0 Å². The maximum atomic E-state index is 12.1. The minimum absolute atomic E-state index is 0.163. The second-order valence-corrected chi connectivity index (χ2v) is 4.70. The summed E-state index contributed by atoms with van der Waals surface area (Å²) in [5.41, 5.74) is -0.612. The van der Waals surface area contributed by atoms with Crippen LogP contribution < -0.4 is 0 Å². The second kappa shape index (κ2) is 5.96. The highest BCUT2D eigenvalue weighted by molar-refractivity contribution is 5.84. The SMILES string of the molecule is C=CC[C@]1(CCC(=O)CC)CCCN(O)C1=O. The number of carbonyl (C=O) groups is 2. The van der Waals surface area contributed by atoms with Crippen LogP contribution >= 0.6 is 0 Å². The highest BCUT2D eigenvalue weighted by atomic mass is 16.5. The van der Waals surface area contributed by atoms with Gasteiger partial charge < -0.3 is 0 Å². The van der Waals surface area contributed by atoms with E-state index in [1.54, 1.807) is 6.08 Å². The lowest BCUT2D eigenvalue weighted by atomic mass is 9.73. The summed E-state index contributed by atoms with van der Waals surface area (Å²) < 4.78 is 0. The highest BCUT2D eigenvalue weighted by Crippen LogP contribution is 2.39. The number of ketones is 1. The van der Waals surface area contributed by atoms with E-state index in [9.17, 15) is 14.8 Å². The fraction of sp³-hybridized carbons (Fsp3) is 0.692. The Bertz CT molecular complexity index is 314. The molecule has 1 amide bonds. The highest BCUT2D eigenvalue weighted by Gasteiger charge is 2.42. The molecule has 4 heteroatoms. The van der Waals surface area contributed by atoms with Gasteiger partial charge in [0, 0.05) is 19.4 Å². The first kappa shape index (κ1) is 13.9. The van der Waals surface area contributed by atoms with Gasteiger partial charge in [-0.25, -0.2) is 5.06 Å². The third-order valence-electron chi connectivity index (χ3n) is 3.53. The Kier molecular flexibility index (Phi) is 4.87. The summed E-state index contributed by atoms with van der Waals surface area (Å²) in [5, 5.41) is 10.3. The standard InChI is InChI=1S/C13H21NO3/c1-3-7-13(9-6-11(15)4-2)8-5-10-14(17)12(13)16/h3,17H,1,4-10H2,2H3/t13-/m1/s1. The summed E-state index contributed by atoms with van der Waals surface area (Å²) >= 11 is 0. The van der Waals surface area contributed by atoms with Crippen molar-refractivity contribution < 1.29 is 14.8 Å². The Morgan fingerprint density at radius 1 is 1.65 bits per heavy atom. The van der Waals surface area contributed by atoms with Gasteiger partial charge in [-0.05, 0) is 25.7 Å². The van der Waals surface area contributed by atoms with Gasteiger partial charge >= 0.3 is 0 Å². The maximum absolute atomic E-state index is 12.1. The van der Waals surface area contributed by atoms with E-state index < -0.39 is 5.41 Å². The molecule has 0 aromatic rings. The average molecular weight is 239 g/mol. The van der Waals surface area contributed by atoms with Crippen LogP contribution in [0.25, 0.3) is 0 Å². The van der Waals surface area contributed by atoms with Crippen LogP contribution in [0.3, 0.4) is 0 Å². The number of hydroxylamine groups is 2. The van der Waals surface area contributed by atoms with Crippen molar-refractivity contribution in [3.05, 3.63) is 12.7 Å². The summed E-state index contributed by atoms with van der Waals surface area (Å²) in [6.07, 6.45) is 5.16. The molecule has 1 aliphatic heterocycles. The van der Waals surface area contributed by atoms with Gasteiger partial charge in [-0.3, -0.25) is 14.8 Å². The summed E-state index contributed by atoms with van der Waals surface area (Å²) in [6.45, 7) is 5.88. The van der Waals surface area contributed by atoms with E-state index in [4.69, 9.17) is 0 Å². The molecule has 1 atom stereocenters. The Labute approximate surface area is 102 Å². The van der Waals surface area contributed by atoms with Crippen molar-refractivity contribution in [2.45, 2.75) is 45.4 Å². The first-order valence-electron chi connectivity index (χ1n) is 6.19. The van der Waals surface area contributed by atoms with Crippen molar-refractivity contribution in [1.29, 1.82) is 0 Å². The minimum Gasteiger partial charge on any atom is -0.300 e. The first-order valence-corrected chi connectivity index (χ1v) is 6.19. The Morgan fingerprint density at radius 3 is 2.94 bits per heavy atom. The normalized spacial score (nSPS) is 24.8. The monoisotopic (exact) mass is 239 g/mol. The smallest absolute Gasteiger partial charge is 0.252 e. The molecule has 17 heavy (non-hydrogen) atoms. The molecule has 0 aromatic carbocycles. The van der Waals surface area contributed by atoms with E-state index in [1.165, 1.54) is 0 Å². The van der Waals surface area contributed by atoms with Crippen LogP contribution in [0.15, 0.2) is 12.7 Å². The molecule has 0 aliphatic carbocycles. The number of hydrogen-bond donors (Lipinski definition) is 1. The zero-order valence-electron chi connectivity index (χ0n) is 10.4. The number of nitrogens with zero attached hydrogens (tertiary/aromatic N) is 1. The minimum atomic E-state index is -0.612. The molecule has 1 saturated heterocycles. The average Bonchev–Trinajstić information content (AvgIpc) is 2.33. The third-order valence-corrected chi connectivity index (χ3v) is 3.53.